The molecule has 0 saturated carbocycles. The number of aliphatic carboxylic acids is 1. The van der Waals surface area contributed by atoms with Crippen LogP contribution in [0, 0.1) is 5.92 Å². The summed E-state index contributed by atoms with van der Waals surface area (Å²) in [5.41, 5.74) is 0.663. The van der Waals surface area contributed by atoms with Gasteiger partial charge >= 0.3 is 0 Å². The van der Waals surface area contributed by atoms with E-state index in [1.807, 2.05) is 13.8 Å². The molecule has 0 aromatic carbocycles. The van der Waals surface area contributed by atoms with Gasteiger partial charge in [-0.2, -0.15) is 0 Å². The summed E-state index contributed by atoms with van der Waals surface area (Å²) in [5, 5.41) is 20.7. The lowest BCUT2D eigenvalue weighted by atomic mass is 9.90. The van der Waals surface area contributed by atoms with Crippen LogP contribution in [0.5, 0.6) is 0 Å². The lowest BCUT2D eigenvalue weighted by Gasteiger charge is -2.24. The van der Waals surface area contributed by atoms with Gasteiger partial charge in [0.25, 0.3) is 0 Å². The fourth-order valence-electron chi connectivity index (χ4n) is 1.92. The summed E-state index contributed by atoms with van der Waals surface area (Å²) >= 11 is 0. The maximum atomic E-state index is 10.6. The molecule has 0 saturated heterocycles. The van der Waals surface area contributed by atoms with E-state index in [-0.39, 0.29) is 0 Å². The Morgan fingerprint density at radius 3 is 2.44 bits per heavy atom. The molecule has 0 rings (SSSR count). The molecule has 0 bridgehead atoms. The van der Waals surface area contributed by atoms with Crippen LogP contribution in [-0.4, -0.2) is 16.7 Å². The van der Waals surface area contributed by atoms with Crippen LogP contribution in [-0.2, 0) is 4.79 Å². The molecule has 0 fully saturated rings. The highest BCUT2D eigenvalue weighted by molar-refractivity contribution is 5.66. The molecule has 18 heavy (non-hydrogen) atoms. The SMILES string of the molecule is C/C=C(\C)CCCC(C)(O)CCCC(C)C(=O)[O-]. The molecule has 0 aliphatic carbocycles. The summed E-state index contributed by atoms with van der Waals surface area (Å²) in [5.74, 6) is -1.43. The van der Waals surface area contributed by atoms with Gasteiger partial charge in [-0.25, -0.2) is 0 Å². The Balaban J connectivity index is 3.83. The molecule has 3 heteroatoms. The topological polar surface area (TPSA) is 60.4 Å². The summed E-state index contributed by atoms with van der Waals surface area (Å²) in [6, 6.07) is 0. The zero-order valence-corrected chi connectivity index (χ0v) is 12.2. The highest BCUT2D eigenvalue weighted by Crippen LogP contribution is 2.23. The lowest BCUT2D eigenvalue weighted by molar-refractivity contribution is -0.311. The molecular weight excluding hydrogens is 228 g/mol. The first-order valence-electron chi connectivity index (χ1n) is 6.83. The van der Waals surface area contributed by atoms with Crippen LogP contribution < -0.4 is 5.11 Å². The molecule has 2 unspecified atom stereocenters. The first-order valence-corrected chi connectivity index (χ1v) is 6.83. The number of carboxylic acids is 1. The Kier molecular flexibility index (Phi) is 7.92. The maximum Gasteiger partial charge on any atom is 0.0619 e. The Bertz CT molecular complexity index is 279. The van der Waals surface area contributed by atoms with Crippen molar-refractivity contribution in [2.24, 2.45) is 5.92 Å². The third kappa shape index (κ3) is 8.29. The van der Waals surface area contributed by atoms with Crippen molar-refractivity contribution in [3.05, 3.63) is 11.6 Å². The van der Waals surface area contributed by atoms with Crippen molar-refractivity contribution in [3.63, 3.8) is 0 Å². The van der Waals surface area contributed by atoms with Gasteiger partial charge in [-0.3, -0.25) is 0 Å². The second-order valence-electron chi connectivity index (χ2n) is 5.60. The molecule has 0 aliphatic heterocycles. The molecule has 1 N–H and O–H groups in total. The molecule has 0 amide bonds. The van der Waals surface area contributed by atoms with Crippen molar-refractivity contribution in [1.29, 1.82) is 0 Å². The second-order valence-corrected chi connectivity index (χ2v) is 5.60. The van der Waals surface area contributed by atoms with Crippen LogP contribution >= 0.6 is 0 Å². The summed E-state index contributed by atoms with van der Waals surface area (Å²) in [6.07, 6.45) is 6.80. The number of allylic oxidation sites excluding steroid dienone is 2. The number of carboxylic acid groups (broad SMARTS) is 1. The first kappa shape index (κ1) is 17.2. The largest absolute Gasteiger partial charge is 0.550 e. The van der Waals surface area contributed by atoms with E-state index in [1.165, 1.54) is 5.57 Å². The Morgan fingerprint density at radius 1 is 1.39 bits per heavy atom. The number of rotatable bonds is 9. The molecule has 0 aliphatic rings. The summed E-state index contributed by atoms with van der Waals surface area (Å²) < 4.78 is 0. The minimum atomic E-state index is -1.00. The van der Waals surface area contributed by atoms with Gasteiger partial charge in [0.15, 0.2) is 0 Å². The average molecular weight is 255 g/mol. The smallest absolute Gasteiger partial charge is 0.0619 e. The summed E-state index contributed by atoms with van der Waals surface area (Å²) in [6.45, 7) is 7.60. The van der Waals surface area contributed by atoms with Crippen molar-refractivity contribution >= 4 is 5.97 Å². The number of carbonyl (C=O) groups excluding carboxylic acids is 1. The van der Waals surface area contributed by atoms with Crippen LogP contribution in [0.4, 0.5) is 0 Å². The van der Waals surface area contributed by atoms with E-state index in [0.717, 1.165) is 25.7 Å². The van der Waals surface area contributed by atoms with Crippen molar-refractivity contribution in [2.75, 3.05) is 0 Å². The molecule has 0 heterocycles. The van der Waals surface area contributed by atoms with Gasteiger partial charge in [-0.1, -0.05) is 18.6 Å². The summed E-state index contributed by atoms with van der Waals surface area (Å²) in [7, 11) is 0. The van der Waals surface area contributed by atoms with Crippen molar-refractivity contribution in [1.82, 2.24) is 0 Å². The molecule has 2 atom stereocenters. The predicted molar refractivity (Wildman–Crippen MR) is 71.9 cm³/mol. The molecule has 3 nitrogen and oxygen atoms in total. The van der Waals surface area contributed by atoms with Gasteiger partial charge in [0.1, 0.15) is 0 Å². The highest BCUT2D eigenvalue weighted by Gasteiger charge is 2.19. The zero-order chi connectivity index (χ0) is 14.2. The monoisotopic (exact) mass is 255 g/mol. The molecule has 106 valence electrons. The van der Waals surface area contributed by atoms with Crippen LogP contribution in [0.1, 0.15) is 66.2 Å². The van der Waals surface area contributed by atoms with Crippen LogP contribution in [0.2, 0.25) is 0 Å². The molecule has 0 spiro atoms. The molecule has 0 aromatic heterocycles. The van der Waals surface area contributed by atoms with E-state index in [2.05, 4.69) is 13.0 Å². The summed E-state index contributed by atoms with van der Waals surface area (Å²) in [4.78, 5) is 10.6. The van der Waals surface area contributed by atoms with Crippen molar-refractivity contribution in [3.8, 4) is 0 Å². The normalized spacial score (nSPS) is 17.3. The van der Waals surface area contributed by atoms with E-state index >= 15 is 0 Å². The van der Waals surface area contributed by atoms with Gasteiger partial charge in [0.2, 0.25) is 0 Å². The van der Waals surface area contributed by atoms with E-state index in [4.69, 9.17) is 0 Å². The Labute approximate surface area is 111 Å². The van der Waals surface area contributed by atoms with Crippen molar-refractivity contribution in [2.45, 2.75) is 71.8 Å². The molecule has 0 aromatic rings. The van der Waals surface area contributed by atoms with Gasteiger partial charge in [-0.15, -0.1) is 0 Å². The number of aliphatic hydroxyl groups is 1. The third-order valence-electron chi connectivity index (χ3n) is 3.53. The standard InChI is InChI=1S/C15H28O3/c1-5-12(2)8-6-10-15(4,18)11-7-9-13(3)14(16)17/h5,13,18H,6-11H2,1-4H3,(H,16,17)/p-1/b12-5+. The van der Waals surface area contributed by atoms with E-state index in [9.17, 15) is 15.0 Å². The van der Waals surface area contributed by atoms with Gasteiger partial charge in [0.05, 0.1) is 5.60 Å². The van der Waals surface area contributed by atoms with Gasteiger partial charge in [-0.05, 0) is 65.2 Å². The van der Waals surface area contributed by atoms with E-state index in [1.54, 1.807) is 6.92 Å². The second kappa shape index (κ2) is 8.30. The van der Waals surface area contributed by atoms with Gasteiger partial charge < -0.3 is 15.0 Å². The number of hydrogen-bond acceptors (Lipinski definition) is 3. The Morgan fingerprint density at radius 2 is 1.94 bits per heavy atom. The minimum Gasteiger partial charge on any atom is -0.550 e. The minimum absolute atomic E-state index is 0.425. The van der Waals surface area contributed by atoms with Crippen molar-refractivity contribution < 1.29 is 15.0 Å². The first-order chi connectivity index (χ1) is 8.28. The lowest BCUT2D eigenvalue weighted by Crippen LogP contribution is -2.30. The number of carbonyl (C=O) groups is 1. The molecule has 0 radical (unpaired) electrons. The predicted octanol–water partition coefficient (Wildman–Crippen LogP) is 2.43. The van der Waals surface area contributed by atoms with E-state index in [0.29, 0.717) is 12.8 Å². The Hall–Kier alpha value is -0.830. The third-order valence-corrected chi connectivity index (χ3v) is 3.53. The molecular formula is C15H27O3-. The van der Waals surface area contributed by atoms with Crippen LogP contribution in [0.15, 0.2) is 11.6 Å². The van der Waals surface area contributed by atoms with Gasteiger partial charge in [0, 0.05) is 5.97 Å². The van der Waals surface area contributed by atoms with E-state index < -0.39 is 17.5 Å². The quantitative estimate of drug-likeness (QED) is 0.644. The maximum absolute atomic E-state index is 10.6. The highest BCUT2D eigenvalue weighted by atomic mass is 16.4. The zero-order valence-electron chi connectivity index (χ0n) is 12.2. The van der Waals surface area contributed by atoms with Crippen LogP contribution in [0.25, 0.3) is 0 Å². The fraction of sp³-hybridized carbons (Fsp3) is 0.800. The fourth-order valence-corrected chi connectivity index (χ4v) is 1.92. The number of hydrogen-bond donors (Lipinski definition) is 1. The van der Waals surface area contributed by atoms with Crippen LogP contribution in [0.3, 0.4) is 0 Å². The average Bonchev–Trinajstić information content (AvgIpc) is 2.27.